The van der Waals surface area contributed by atoms with Gasteiger partial charge < -0.3 is 5.32 Å². The number of halogens is 1. The van der Waals surface area contributed by atoms with Crippen molar-refractivity contribution in [3.63, 3.8) is 0 Å². The molecule has 2 aliphatic rings. The first-order valence-corrected chi connectivity index (χ1v) is 8.48. The van der Waals surface area contributed by atoms with Crippen molar-refractivity contribution >= 4 is 17.5 Å². The van der Waals surface area contributed by atoms with Gasteiger partial charge in [0.15, 0.2) is 0 Å². The van der Waals surface area contributed by atoms with E-state index in [0.29, 0.717) is 6.42 Å². The molecule has 0 unspecified atom stereocenters. The summed E-state index contributed by atoms with van der Waals surface area (Å²) in [6, 6.07) is 13.6. The lowest BCUT2D eigenvalue weighted by molar-refractivity contribution is -0.125. The first kappa shape index (κ1) is 15.8. The zero-order chi connectivity index (χ0) is 17.6. The van der Waals surface area contributed by atoms with Crippen molar-refractivity contribution in [2.75, 3.05) is 4.90 Å². The third-order valence-electron chi connectivity index (χ3n) is 5.03. The van der Waals surface area contributed by atoms with Gasteiger partial charge in [0.1, 0.15) is 11.9 Å². The minimum Gasteiger partial charge on any atom is -0.351 e. The molecule has 0 saturated heterocycles. The Morgan fingerprint density at radius 3 is 2.56 bits per heavy atom. The van der Waals surface area contributed by atoms with Crippen molar-refractivity contribution in [1.29, 1.82) is 0 Å². The summed E-state index contributed by atoms with van der Waals surface area (Å²) in [6.07, 6.45) is 1.38. The third-order valence-corrected chi connectivity index (χ3v) is 5.03. The molecule has 25 heavy (non-hydrogen) atoms. The maximum atomic E-state index is 13.0. The Morgan fingerprint density at radius 2 is 1.84 bits per heavy atom. The number of hydrogen-bond acceptors (Lipinski definition) is 2. The van der Waals surface area contributed by atoms with Gasteiger partial charge in [-0.05, 0) is 35.7 Å². The van der Waals surface area contributed by atoms with Crippen molar-refractivity contribution in [1.82, 2.24) is 5.32 Å². The van der Waals surface area contributed by atoms with Gasteiger partial charge in [-0.15, -0.1) is 0 Å². The number of hydrogen-bond donors (Lipinski definition) is 1. The Labute approximate surface area is 145 Å². The largest absolute Gasteiger partial charge is 0.351 e. The Morgan fingerprint density at radius 1 is 1.12 bits per heavy atom. The molecule has 0 radical (unpaired) electrons. The van der Waals surface area contributed by atoms with Gasteiger partial charge in [-0.25, -0.2) is 4.39 Å². The van der Waals surface area contributed by atoms with Crippen molar-refractivity contribution in [3.8, 4) is 0 Å². The number of nitrogens with one attached hydrogen (secondary N) is 1. The van der Waals surface area contributed by atoms with Gasteiger partial charge in [-0.2, -0.15) is 0 Å². The molecule has 128 valence electrons. The summed E-state index contributed by atoms with van der Waals surface area (Å²) >= 11 is 0. The lowest BCUT2D eigenvalue weighted by Gasteiger charge is -2.23. The number of amides is 2. The average molecular weight is 338 g/mol. The van der Waals surface area contributed by atoms with E-state index in [1.54, 1.807) is 17.0 Å². The zero-order valence-electron chi connectivity index (χ0n) is 13.9. The second-order valence-electron chi connectivity index (χ2n) is 6.75. The Bertz CT molecular complexity index is 834. The summed E-state index contributed by atoms with van der Waals surface area (Å²) in [7, 11) is 0. The van der Waals surface area contributed by atoms with Gasteiger partial charge >= 0.3 is 0 Å². The van der Waals surface area contributed by atoms with E-state index in [4.69, 9.17) is 0 Å². The highest BCUT2D eigenvalue weighted by molar-refractivity contribution is 6.02. The lowest BCUT2D eigenvalue weighted by atomic mass is 10.1. The molecule has 1 N–H and O–H groups in total. The fraction of sp³-hybridized carbons (Fsp3) is 0.300. The molecule has 2 aromatic carbocycles. The zero-order valence-corrected chi connectivity index (χ0v) is 13.9. The van der Waals surface area contributed by atoms with Gasteiger partial charge in [0.25, 0.3) is 0 Å². The first-order chi connectivity index (χ1) is 12.0. The Hall–Kier alpha value is -2.69. The van der Waals surface area contributed by atoms with Crippen molar-refractivity contribution < 1.29 is 14.0 Å². The second-order valence-corrected chi connectivity index (χ2v) is 6.75. The molecule has 1 aliphatic carbocycles. The molecular weight excluding hydrogens is 319 g/mol. The van der Waals surface area contributed by atoms with Gasteiger partial charge in [0, 0.05) is 31.0 Å². The van der Waals surface area contributed by atoms with Crippen LogP contribution < -0.4 is 10.2 Å². The van der Waals surface area contributed by atoms with Crippen molar-refractivity contribution in [2.24, 2.45) is 0 Å². The fourth-order valence-electron chi connectivity index (χ4n) is 3.70. The molecule has 0 spiro atoms. The van der Waals surface area contributed by atoms with E-state index in [1.807, 2.05) is 24.3 Å². The number of para-hydroxylation sites is 1. The van der Waals surface area contributed by atoms with Crippen molar-refractivity contribution in [2.45, 2.75) is 37.8 Å². The van der Waals surface area contributed by atoms with Crippen LogP contribution in [-0.4, -0.2) is 23.9 Å². The quantitative estimate of drug-likeness (QED) is 0.935. The van der Waals surface area contributed by atoms with E-state index >= 15 is 0 Å². The molecule has 0 bridgehead atoms. The number of carbonyl (C=O) groups is 2. The molecule has 1 fully saturated rings. The van der Waals surface area contributed by atoms with Crippen LogP contribution in [0.15, 0.2) is 48.5 Å². The van der Waals surface area contributed by atoms with Crippen LogP contribution >= 0.6 is 0 Å². The smallest absolute Gasteiger partial charge is 0.243 e. The maximum absolute atomic E-state index is 13.0. The van der Waals surface area contributed by atoms with E-state index in [-0.39, 0.29) is 29.6 Å². The number of rotatable bonds is 3. The van der Waals surface area contributed by atoms with Crippen LogP contribution in [0.2, 0.25) is 0 Å². The predicted octanol–water partition coefficient (Wildman–Crippen LogP) is 2.78. The molecule has 1 saturated carbocycles. The predicted molar refractivity (Wildman–Crippen MR) is 92.8 cm³/mol. The molecule has 1 heterocycles. The summed E-state index contributed by atoms with van der Waals surface area (Å²) in [5.41, 5.74) is 2.87. The van der Waals surface area contributed by atoms with Gasteiger partial charge in [0.2, 0.25) is 11.8 Å². The van der Waals surface area contributed by atoms with Gasteiger partial charge in [-0.1, -0.05) is 30.3 Å². The van der Waals surface area contributed by atoms with Crippen LogP contribution in [0, 0.1) is 5.82 Å². The average Bonchev–Trinajstić information content (AvgIpc) is 3.23. The Balaban J connectivity index is 1.45. The monoisotopic (exact) mass is 338 g/mol. The lowest BCUT2D eigenvalue weighted by Crippen LogP contribution is -2.48. The molecule has 4 nitrogen and oxygen atoms in total. The molecular formula is C20H19FN2O2. The summed E-state index contributed by atoms with van der Waals surface area (Å²) in [6.45, 7) is 1.49. The minimum absolute atomic E-state index is 0.0514. The SMILES string of the molecule is CC(=O)N1c2ccccc2C[C@H]1C(=O)N[C@H]1C[C@@H]1c1ccc(F)cc1. The summed E-state index contributed by atoms with van der Waals surface area (Å²) in [5, 5.41) is 3.05. The molecule has 2 amide bonds. The van der Waals surface area contributed by atoms with E-state index in [2.05, 4.69) is 5.32 Å². The van der Waals surface area contributed by atoms with Gasteiger partial charge in [0.05, 0.1) is 0 Å². The topological polar surface area (TPSA) is 49.4 Å². The standard InChI is InChI=1S/C20H19FN2O2/c1-12(24)23-18-5-3-2-4-14(18)10-19(23)20(25)22-17-11-16(17)13-6-8-15(21)9-7-13/h2-9,16-17,19H,10-11H2,1H3,(H,22,25)/t16-,17+,19+/m1/s1. The summed E-state index contributed by atoms with van der Waals surface area (Å²) in [5.74, 6) is -0.290. The number of benzene rings is 2. The van der Waals surface area contributed by atoms with Gasteiger partial charge in [-0.3, -0.25) is 14.5 Å². The van der Waals surface area contributed by atoms with Crippen LogP contribution in [0.4, 0.5) is 10.1 Å². The molecule has 0 aromatic heterocycles. The number of anilines is 1. The number of carbonyl (C=O) groups excluding carboxylic acids is 2. The summed E-state index contributed by atoms with van der Waals surface area (Å²) < 4.78 is 13.0. The van der Waals surface area contributed by atoms with Crippen molar-refractivity contribution in [3.05, 3.63) is 65.5 Å². The number of fused-ring (bicyclic) bond motifs is 1. The van der Waals surface area contributed by atoms with E-state index in [9.17, 15) is 14.0 Å². The first-order valence-electron chi connectivity index (χ1n) is 8.48. The molecule has 5 heteroatoms. The highest BCUT2D eigenvalue weighted by atomic mass is 19.1. The Kier molecular flexibility index (Phi) is 3.79. The van der Waals surface area contributed by atoms with E-state index in [0.717, 1.165) is 23.2 Å². The van der Waals surface area contributed by atoms with E-state index < -0.39 is 6.04 Å². The van der Waals surface area contributed by atoms with Crippen LogP contribution in [-0.2, 0) is 16.0 Å². The van der Waals surface area contributed by atoms with Crippen LogP contribution in [0.3, 0.4) is 0 Å². The van der Waals surface area contributed by atoms with E-state index in [1.165, 1.54) is 19.1 Å². The number of nitrogens with zero attached hydrogens (tertiary/aromatic N) is 1. The third kappa shape index (κ3) is 2.90. The molecule has 3 atom stereocenters. The van der Waals surface area contributed by atoms with Crippen LogP contribution in [0.1, 0.15) is 30.4 Å². The normalized spacial score (nSPS) is 23.9. The van der Waals surface area contributed by atoms with Crippen LogP contribution in [0.25, 0.3) is 0 Å². The molecule has 2 aromatic rings. The maximum Gasteiger partial charge on any atom is 0.243 e. The highest BCUT2D eigenvalue weighted by Crippen LogP contribution is 2.41. The fourth-order valence-corrected chi connectivity index (χ4v) is 3.70. The van der Waals surface area contributed by atoms with Crippen LogP contribution in [0.5, 0.6) is 0 Å². The summed E-state index contributed by atoms with van der Waals surface area (Å²) in [4.78, 5) is 26.4. The molecule has 4 rings (SSSR count). The molecule has 1 aliphatic heterocycles. The second kappa shape index (κ2) is 5.99. The minimum atomic E-state index is -0.496. The highest BCUT2D eigenvalue weighted by Gasteiger charge is 2.43.